The van der Waals surface area contributed by atoms with Gasteiger partial charge in [-0.15, -0.1) is 24.0 Å². The highest BCUT2D eigenvalue weighted by Crippen LogP contribution is 2.19. The topological polar surface area (TPSA) is 78.0 Å². The number of nitrogens with zero attached hydrogens (tertiary/aromatic N) is 2. The van der Waals surface area contributed by atoms with Crippen LogP contribution in [0.1, 0.15) is 52.9 Å². The Morgan fingerprint density at radius 1 is 1.16 bits per heavy atom. The zero-order valence-electron chi connectivity index (χ0n) is 19.7. The molecule has 0 aromatic heterocycles. The Hall–Kier alpha value is -1.55. The summed E-state index contributed by atoms with van der Waals surface area (Å²) in [6, 6.07) is 8.17. The summed E-state index contributed by atoms with van der Waals surface area (Å²) >= 11 is 0. The van der Waals surface area contributed by atoms with Crippen molar-refractivity contribution in [1.82, 2.24) is 15.5 Å². The van der Waals surface area contributed by atoms with Crippen LogP contribution in [0.15, 0.2) is 29.3 Å². The fourth-order valence-corrected chi connectivity index (χ4v) is 3.61. The molecule has 1 amide bonds. The lowest BCUT2D eigenvalue weighted by Crippen LogP contribution is -2.37. The van der Waals surface area contributed by atoms with Crippen LogP contribution in [0.4, 0.5) is 5.69 Å². The van der Waals surface area contributed by atoms with Crippen molar-refractivity contribution in [2.45, 2.75) is 65.0 Å². The molecule has 0 atom stereocenters. The van der Waals surface area contributed by atoms with Gasteiger partial charge in [-0.3, -0.25) is 4.79 Å². The van der Waals surface area contributed by atoms with Gasteiger partial charge in [-0.2, -0.15) is 0 Å². The molecule has 3 rings (SSSR count). The minimum atomic E-state index is -0.0216. The molecule has 1 aliphatic carbocycles. The largest absolute Gasteiger partial charge is 0.491 e. The molecule has 7 nitrogen and oxygen atoms in total. The van der Waals surface area contributed by atoms with Crippen molar-refractivity contribution in [2.75, 3.05) is 38.0 Å². The average Bonchev–Trinajstić information content (AvgIpc) is 3.55. The number of aliphatic imine (C=N–C) groups is 1. The molecular weight excluding hydrogens is 517 g/mol. The van der Waals surface area contributed by atoms with Gasteiger partial charge in [-0.25, -0.2) is 4.99 Å². The van der Waals surface area contributed by atoms with Gasteiger partial charge < -0.3 is 25.6 Å². The van der Waals surface area contributed by atoms with Crippen LogP contribution in [0.25, 0.3) is 0 Å². The van der Waals surface area contributed by atoms with Crippen LogP contribution in [-0.4, -0.2) is 61.6 Å². The zero-order valence-corrected chi connectivity index (χ0v) is 22.1. The molecular formula is C24H40IN5O2. The second-order valence-electron chi connectivity index (χ2n) is 9.13. The molecule has 2 aliphatic rings. The average molecular weight is 558 g/mol. The Morgan fingerprint density at radius 3 is 2.47 bits per heavy atom. The molecule has 0 unspecified atom stereocenters. The number of anilines is 1. The van der Waals surface area contributed by atoms with Crippen molar-refractivity contribution in [3.8, 4) is 5.75 Å². The number of amides is 1. The number of nitrogens with one attached hydrogen (secondary N) is 3. The molecule has 3 N–H and O–H groups in total. The number of likely N-dealkylation sites (tertiary alicyclic amines) is 1. The van der Waals surface area contributed by atoms with Gasteiger partial charge in [0.25, 0.3) is 0 Å². The summed E-state index contributed by atoms with van der Waals surface area (Å²) in [4.78, 5) is 19.1. The predicted octanol–water partition coefficient (Wildman–Crippen LogP) is 3.85. The van der Waals surface area contributed by atoms with E-state index >= 15 is 0 Å². The van der Waals surface area contributed by atoms with E-state index in [1.54, 1.807) is 0 Å². The van der Waals surface area contributed by atoms with Crippen molar-refractivity contribution in [3.05, 3.63) is 24.3 Å². The SMILES string of the molecule is CC1CCN(CCCNC(=NCC(=O)NC2CC2)Nc2ccc(OC(C)C)cc2)CC1.I. The van der Waals surface area contributed by atoms with Crippen molar-refractivity contribution >= 4 is 41.5 Å². The molecule has 0 radical (unpaired) electrons. The first-order valence-electron chi connectivity index (χ1n) is 11.8. The lowest BCUT2D eigenvalue weighted by atomic mass is 9.99. The van der Waals surface area contributed by atoms with E-state index in [1.807, 2.05) is 38.1 Å². The van der Waals surface area contributed by atoms with E-state index in [0.29, 0.717) is 12.0 Å². The Labute approximate surface area is 210 Å². The highest BCUT2D eigenvalue weighted by molar-refractivity contribution is 14.0. The van der Waals surface area contributed by atoms with Crippen LogP contribution in [0.2, 0.25) is 0 Å². The standard InChI is InChI=1S/C24H39N5O2.HI/c1-18(2)31-22-9-7-21(8-10-22)28-24(26-17-23(30)27-20-5-6-20)25-13-4-14-29-15-11-19(3)12-16-29;/h7-10,18-20H,4-6,11-17H2,1-3H3,(H,27,30)(H2,25,26,28);1H. The van der Waals surface area contributed by atoms with Crippen LogP contribution in [0, 0.1) is 5.92 Å². The van der Waals surface area contributed by atoms with Crippen LogP contribution in [0.3, 0.4) is 0 Å². The zero-order chi connectivity index (χ0) is 22.1. The van der Waals surface area contributed by atoms with E-state index in [4.69, 9.17) is 4.74 Å². The highest BCUT2D eigenvalue weighted by Gasteiger charge is 2.22. The summed E-state index contributed by atoms with van der Waals surface area (Å²) in [7, 11) is 0. The summed E-state index contributed by atoms with van der Waals surface area (Å²) in [6.45, 7) is 10.8. The van der Waals surface area contributed by atoms with Crippen molar-refractivity contribution in [2.24, 2.45) is 10.9 Å². The summed E-state index contributed by atoms with van der Waals surface area (Å²) < 4.78 is 5.71. The summed E-state index contributed by atoms with van der Waals surface area (Å²) in [5, 5.41) is 9.69. The molecule has 1 aromatic rings. The third kappa shape index (κ3) is 10.4. The van der Waals surface area contributed by atoms with E-state index in [1.165, 1.54) is 25.9 Å². The van der Waals surface area contributed by atoms with E-state index < -0.39 is 0 Å². The monoisotopic (exact) mass is 557 g/mol. The smallest absolute Gasteiger partial charge is 0.242 e. The number of carbonyl (C=O) groups excluding carboxylic acids is 1. The van der Waals surface area contributed by atoms with Gasteiger partial charge in [0.1, 0.15) is 12.3 Å². The molecule has 32 heavy (non-hydrogen) atoms. The molecule has 0 spiro atoms. The first kappa shape index (κ1) is 26.7. The van der Waals surface area contributed by atoms with Crippen LogP contribution < -0.4 is 20.7 Å². The molecule has 1 saturated heterocycles. The minimum absolute atomic E-state index is 0. The first-order valence-corrected chi connectivity index (χ1v) is 11.8. The molecule has 1 aliphatic heterocycles. The summed E-state index contributed by atoms with van der Waals surface area (Å²) in [5.41, 5.74) is 0.912. The van der Waals surface area contributed by atoms with E-state index in [-0.39, 0.29) is 42.5 Å². The molecule has 180 valence electrons. The normalized spacial score (nSPS) is 17.6. The van der Waals surface area contributed by atoms with E-state index in [2.05, 4.69) is 32.8 Å². The van der Waals surface area contributed by atoms with Gasteiger partial charge in [-0.05, 0) is 95.8 Å². The van der Waals surface area contributed by atoms with E-state index in [0.717, 1.165) is 49.7 Å². The van der Waals surface area contributed by atoms with Gasteiger partial charge in [0.15, 0.2) is 5.96 Å². The Balaban J connectivity index is 0.00000363. The van der Waals surface area contributed by atoms with Gasteiger partial charge in [0.2, 0.25) is 5.91 Å². The van der Waals surface area contributed by atoms with Crippen LogP contribution in [-0.2, 0) is 4.79 Å². The Morgan fingerprint density at radius 2 is 1.84 bits per heavy atom. The summed E-state index contributed by atoms with van der Waals surface area (Å²) in [5.74, 6) is 2.31. The summed E-state index contributed by atoms with van der Waals surface area (Å²) in [6.07, 6.45) is 5.95. The second-order valence-corrected chi connectivity index (χ2v) is 9.13. The number of benzene rings is 1. The molecule has 2 fully saturated rings. The third-order valence-electron chi connectivity index (χ3n) is 5.63. The lowest BCUT2D eigenvalue weighted by molar-refractivity contribution is -0.119. The fraction of sp³-hybridized carbons (Fsp3) is 0.667. The number of ether oxygens (including phenoxy) is 1. The molecule has 1 heterocycles. The number of hydrogen-bond acceptors (Lipinski definition) is 4. The highest BCUT2D eigenvalue weighted by atomic mass is 127. The molecule has 1 saturated carbocycles. The number of guanidine groups is 1. The van der Waals surface area contributed by atoms with Crippen molar-refractivity contribution < 1.29 is 9.53 Å². The molecule has 0 bridgehead atoms. The van der Waals surface area contributed by atoms with Crippen LogP contribution >= 0.6 is 24.0 Å². The lowest BCUT2D eigenvalue weighted by Gasteiger charge is -2.30. The number of halogens is 1. The second kappa shape index (κ2) is 13.9. The molecule has 1 aromatic carbocycles. The third-order valence-corrected chi connectivity index (χ3v) is 5.63. The Bertz CT molecular complexity index is 714. The van der Waals surface area contributed by atoms with Crippen molar-refractivity contribution in [1.29, 1.82) is 0 Å². The maximum Gasteiger partial charge on any atom is 0.242 e. The predicted molar refractivity (Wildman–Crippen MR) is 142 cm³/mol. The number of rotatable bonds is 10. The van der Waals surface area contributed by atoms with Crippen LogP contribution in [0.5, 0.6) is 5.75 Å². The maximum atomic E-state index is 12.1. The van der Waals surface area contributed by atoms with Crippen molar-refractivity contribution in [3.63, 3.8) is 0 Å². The first-order chi connectivity index (χ1) is 15.0. The number of hydrogen-bond donors (Lipinski definition) is 3. The molecule has 8 heteroatoms. The number of piperidine rings is 1. The number of carbonyl (C=O) groups is 1. The maximum absolute atomic E-state index is 12.1. The quantitative estimate of drug-likeness (QED) is 0.176. The van der Waals surface area contributed by atoms with Gasteiger partial charge in [0.05, 0.1) is 6.10 Å². The van der Waals surface area contributed by atoms with Gasteiger partial charge in [0, 0.05) is 18.3 Å². The van der Waals surface area contributed by atoms with Gasteiger partial charge in [-0.1, -0.05) is 6.92 Å². The Kier molecular flexibility index (Phi) is 11.6. The minimum Gasteiger partial charge on any atom is -0.491 e. The fourth-order valence-electron chi connectivity index (χ4n) is 3.61. The van der Waals surface area contributed by atoms with Gasteiger partial charge >= 0.3 is 0 Å². The van der Waals surface area contributed by atoms with E-state index in [9.17, 15) is 4.79 Å².